The molecule has 88 valence electrons. The summed E-state index contributed by atoms with van der Waals surface area (Å²) in [7, 11) is 0. The zero-order valence-electron chi connectivity index (χ0n) is 7.85. The Balaban J connectivity index is 3.64. The number of carbonyl (C=O) groups excluding carboxylic acids is 1. The monoisotopic (exact) mass is 261 g/mol. The van der Waals surface area contributed by atoms with Crippen molar-refractivity contribution in [2.24, 2.45) is 0 Å². The summed E-state index contributed by atoms with van der Waals surface area (Å²) in [5.41, 5.74) is -3.65. The molecule has 0 radical (unpaired) electrons. The quantitative estimate of drug-likeness (QED) is 0.472. The molecule has 0 unspecified atom stereocenters. The fraction of sp³-hybridized carbons (Fsp3) is 0.125. The number of hydrogen-bond donors (Lipinski definition) is 0. The third kappa shape index (κ3) is 2.51. The maximum atomic E-state index is 12.5. The molecule has 0 aliphatic carbocycles. The van der Waals surface area contributed by atoms with Gasteiger partial charge in [-0.2, -0.15) is 5.26 Å². The number of pyridine rings is 1. The lowest BCUT2D eigenvalue weighted by molar-refractivity contribution is -0.385. The van der Waals surface area contributed by atoms with Gasteiger partial charge in [-0.1, -0.05) is 0 Å². The summed E-state index contributed by atoms with van der Waals surface area (Å²) in [5, 5.41) is 17.9. The average molecular weight is 262 g/mol. The van der Waals surface area contributed by atoms with Crippen LogP contribution in [0.25, 0.3) is 0 Å². The van der Waals surface area contributed by atoms with Gasteiger partial charge in [-0.15, -0.1) is 0 Å². The van der Waals surface area contributed by atoms with Crippen molar-refractivity contribution in [2.75, 3.05) is 0 Å². The number of rotatable bonds is 3. The molecule has 0 fully saturated rings. The zero-order valence-corrected chi connectivity index (χ0v) is 8.61. The van der Waals surface area contributed by atoms with Crippen LogP contribution in [0.1, 0.15) is 28.2 Å². The zero-order chi connectivity index (χ0) is 13.2. The SMILES string of the molecule is N#Cc1c([N+](=O)[O-])cc(C(=O)Cl)nc1C(F)F. The van der Waals surface area contributed by atoms with Gasteiger partial charge in [0, 0.05) is 6.07 Å². The molecule has 0 amide bonds. The average Bonchev–Trinajstić information content (AvgIpc) is 2.26. The van der Waals surface area contributed by atoms with E-state index in [1.807, 2.05) is 0 Å². The molecule has 0 N–H and O–H groups in total. The molecule has 17 heavy (non-hydrogen) atoms. The second-order valence-electron chi connectivity index (χ2n) is 2.73. The normalized spacial score (nSPS) is 10.1. The van der Waals surface area contributed by atoms with Gasteiger partial charge >= 0.3 is 0 Å². The van der Waals surface area contributed by atoms with Crippen molar-refractivity contribution in [2.45, 2.75) is 6.43 Å². The van der Waals surface area contributed by atoms with Crippen molar-refractivity contribution in [1.82, 2.24) is 4.98 Å². The summed E-state index contributed by atoms with van der Waals surface area (Å²) in [6.45, 7) is 0. The third-order valence-corrected chi connectivity index (χ3v) is 1.94. The van der Waals surface area contributed by atoms with Gasteiger partial charge in [0.25, 0.3) is 17.4 Å². The molecule has 1 rings (SSSR count). The van der Waals surface area contributed by atoms with Crippen LogP contribution >= 0.6 is 11.6 Å². The highest BCUT2D eigenvalue weighted by molar-refractivity contribution is 6.67. The fourth-order valence-corrected chi connectivity index (χ4v) is 1.16. The van der Waals surface area contributed by atoms with Crippen LogP contribution in [0.15, 0.2) is 6.07 Å². The van der Waals surface area contributed by atoms with Crippen LogP contribution in [0, 0.1) is 21.4 Å². The van der Waals surface area contributed by atoms with Gasteiger partial charge in [-0.3, -0.25) is 14.9 Å². The van der Waals surface area contributed by atoms with E-state index in [4.69, 9.17) is 16.9 Å². The van der Waals surface area contributed by atoms with E-state index in [1.54, 1.807) is 0 Å². The van der Waals surface area contributed by atoms with Gasteiger partial charge in [0.05, 0.1) is 4.92 Å². The van der Waals surface area contributed by atoms with E-state index in [0.717, 1.165) is 0 Å². The molecule has 0 aromatic carbocycles. The van der Waals surface area contributed by atoms with Gasteiger partial charge in [-0.05, 0) is 11.6 Å². The maximum absolute atomic E-state index is 12.5. The topological polar surface area (TPSA) is 96.9 Å². The number of alkyl halides is 2. The molecular weight excluding hydrogens is 260 g/mol. The molecule has 0 aliphatic heterocycles. The smallest absolute Gasteiger partial charge is 0.274 e. The number of nitro groups is 1. The van der Waals surface area contributed by atoms with Crippen molar-refractivity contribution < 1.29 is 18.5 Å². The summed E-state index contributed by atoms with van der Waals surface area (Å²) < 4.78 is 25.0. The van der Waals surface area contributed by atoms with Crippen molar-refractivity contribution in [3.63, 3.8) is 0 Å². The molecule has 0 saturated carbocycles. The van der Waals surface area contributed by atoms with Gasteiger partial charge < -0.3 is 0 Å². The summed E-state index contributed by atoms with van der Waals surface area (Å²) in [5.74, 6) is 0. The molecule has 0 bridgehead atoms. The van der Waals surface area contributed by atoms with E-state index in [2.05, 4.69) is 4.98 Å². The summed E-state index contributed by atoms with van der Waals surface area (Å²) in [6.07, 6.45) is -3.22. The number of nitriles is 1. The van der Waals surface area contributed by atoms with Gasteiger partial charge in [0.15, 0.2) is 5.56 Å². The van der Waals surface area contributed by atoms with Crippen LogP contribution in [0.5, 0.6) is 0 Å². The highest BCUT2D eigenvalue weighted by atomic mass is 35.5. The van der Waals surface area contributed by atoms with E-state index in [0.29, 0.717) is 6.07 Å². The standard InChI is InChI=1S/C8H2ClF2N3O3/c9-7(15)4-1-5(14(16)17)3(2-12)6(13-4)8(10)11/h1,8H. The van der Waals surface area contributed by atoms with Gasteiger partial charge in [-0.25, -0.2) is 13.8 Å². The van der Waals surface area contributed by atoms with Crippen molar-refractivity contribution >= 4 is 22.5 Å². The van der Waals surface area contributed by atoms with Crippen LogP contribution in [-0.4, -0.2) is 15.1 Å². The van der Waals surface area contributed by atoms with Crippen LogP contribution in [0.2, 0.25) is 0 Å². The van der Waals surface area contributed by atoms with Crippen LogP contribution in [-0.2, 0) is 0 Å². The first-order chi connectivity index (χ1) is 7.88. The van der Waals surface area contributed by atoms with Gasteiger partial charge in [0.2, 0.25) is 0 Å². The van der Waals surface area contributed by atoms with E-state index >= 15 is 0 Å². The molecule has 1 aromatic rings. The number of carbonyl (C=O) groups is 1. The Kier molecular flexibility index (Phi) is 3.65. The number of halogens is 3. The Morgan fingerprint density at radius 3 is 2.59 bits per heavy atom. The first-order valence-electron chi connectivity index (χ1n) is 3.96. The third-order valence-electron chi connectivity index (χ3n) is 1.74. The molecule has 9 heteroatoms. The Bertz CT molecular complexity index is 542. The minimum absolute atomic E-state index is 0.583. The van der Waals surface area contributed by atoms with Crippen LogP contribution in [0.4, 0.5) is 14.5 Å². The molecule has 0 spiro atoms. The minimum atomic E-state index is -3.22. The second kappa shape index (κ2) is 4.80. The van der Waals surface area contributed by atoms with E-state index in [9.17, 15) is 23.7 Å². The lowest BCUT2D eigenvalue weighted by Crippen LogP contribution is -2.06. The van der Waals surface area contributed by atoms with Crippen LogP contribution < -0.4 is 0 Å². The molecular formula is C8H2ClF2N3O3. The Morgan fingerprint density at radius 1 is 1.65 bits per heavy atom. The van der Waals surface area contributed by atoms with E-state index in [1.165, 1.54) is 6.07 Å². The Hall–Kier alpha value is -2.14. The maximum Gasteiger partial charge on any atom is 0.291 e. The molecule has 1 aromatic heterocycles. The number of nitrogens with zero attached hydrogens (tertiary/aromatic N) is 3. The number of hydrogen-bond acceptors (Lipinski definition) is 5. The predicted molar refractivity (Wildman–Crippen MR) is 50.7 cm³/mol. The van der Waals surface area contributed by atoms with E-state index < -0.39 is 39.2 Å². The lowest BCUT2D eigenvalue weighted by Gasteiger charge is -2.04. The highest BCUT2D eigenvalue weighted by Gasteiger charge is 2.27. The second-order valence-corrected chi connectivity index (χ2v) is 3.07. The van der Waals surface area contributed by atoms with Crippen molar-refractivity contribution in [3.8, 4) is 6.07 Å². The lowest BCUT2D eigenvalue weighted by atomic mass is 10.1. The highest BCUT2D eigenvalue weighted by Crippen LogP contribution is 2.28. The first kappa shape index (κ1) is 12.9. The molecule has 6 nitrogen and oxygen atoms in total. The molecule has 1 heterocycles. The summed E-state index contributed by atoms with van der Waals surface area (Å²) >= 11 is 5.00. The van der Waals surface area contributed by atoms with Crippen LogP contribution in [0.3, 0.4) is 0 Å². The predicted octanol–water partition coefficient (Wildman–Crippen LogP) is 2.18. The Labute approximate surface area is 97.6 Å². The first-order valence-corrected chi connectivity index (χ1v) is 4.33. The summed E-state index contributed by atoms with van der Waals surface area (Å²) in [6, 6.07) is 1.84. The molecule has 0 saturated heterocycles. The fourth-order valence-electron chi connectivity index (χ4n) is 1.07. The van der Waals surface area contributed by atoms with Gasteiger partial charge in [0.1, 0.15) is 17.5 Å². The van der Waals surface area contributed by atoms with Crippen molar-refractivity contribution in [1.29, 1.82) is 5.26 Å². The molecule has 0 aliphatic rings. The van der Waals surface area contributed by atoms with E-state index in [-0.39, 0.29) is 0 Å². The minimum Gasteiger partial charge on any atom is -0.274 e. The Morgan fingerprint density at radius 2 is 2.24 bits per heavy atom. The largest absolute Gasteiger partial charge is 0.291 e. The molecule has 0 atom stereocenters. The number of aromatic nitrogens is 1. The summed E-state index contributed by atoms with van der Waals surface area (Å²) in [4.78, 5) is 23.4. The van der Waals surface area contributed by atoms with Crippen molar-refractivity contribution in [3.05, 3.63) is 33.1 Å².